The second kappa shape index (κ2) is 4.50. The predicted molar refractivity (Wildman–Crippen MR) is 64.2 cm³/mol. The summed E-state index contributed by atoms with van der Waals surface area (Å²) in [5, 5.41) is 0. The summed E-state index contributed by atoms with van der Waals surface area (Å²) >= 11 is 0. The van der Waals surface area contributed by atoms with Crippen molar-refractivity contribution in [3.05, 3.63) is 48.2 Å². The highest BCUT2D eigenvalue weighted by Crippen LogP contribution is 2.23. The maximum absolute atomic E-state index is 5.45. The fourth-order valence-corrected chi connectivity index (χ4v) is 1.52. The molecule has 1 heterocycles. The van der Waals surface area contributed by atoms with Crippen LogP contribution in [0, 0.1) is 12.3 Å². The molecule has 0 radical (unpaired) electrons. The molecule has 0 saturated heterocycles. The summed E-state index contributed by atoms with van der Waals surface area (Å²) in [6, 6.07) is 11.6. The van der Waals surface area contributed by atoms with Gasteiger partial charge in [-0.2, -0.15) is 0 Å². The molecule has 1 aromatic heterocycles. The first-order valence-corrected chi connectivity index (χ1v) is 4.91. The van der Waals surface area contributed by atoms with Crippen molar-refractivity contribution < 1.29 is 4.74 Å². The standard InChI is InChI=1S/C14H11NO/c1-3-11-6-4-5-7-13(11)12-8-9-14(16-2)15-10-12/h1,4-10H,2H3. The summed E-state index contributed by atoms with van der Waals surface area (Å²) in [7, 11) is 1.59. The summed E-state index contributed by atoms with van der Waals surface area (Å²) in [5.41, 5.74) is 2.88. The number of aromatic nitrogens is 1. The van der Waals surface area contributed by atoms with E-state index >= 15 is 0 Å². The molecule has 0 aliphatic heterocycles. The number of benzene rings is 1. The van der Waals surface area contributed by atoms with Crippen LogP contribution in [0.1, 0.15) is 5.56 Å². The van der Waals surface area contributed by atoms with Gasteiger partial charge in [-0.05, 0) is 17.7 Å². The Balaban J connectivity index is 2.47. The molecule has 0 aliphatic carbocycles. The molecule has 78 valence electrons. The molecule has 1 aromatic carbocycles. The van der Waals surface area contributed by atoms with E-state index in [1.807, 2.05) is 36.4 Å². The monoisotopic (exact) mass is 209 g/mol. The minimum atomic E-state index is 0.599. The van der Waals surface area contributed by atoms with Crippen molar-refractivity contribution in [3.63, 3.8) is 0 Å². The number of methoxy groups -OCH3 is 1. The first-order valence-electron chi connectivity index (χ1n) is 4.91. The van der Waals surface area contributed by atoms with Crippen molar-refractivity contribution in [2.45, 2.75) is 0 Å². The highest BCUT2D eigenvalue weighted by molar-refractivity contribution is 5.70. The molecule has 0 amide bonds. The maximum Gasteiger partial charge on any atom is 0.212 e. The summed E-state index contributed by atoms with van der Waals surface area (Å²) in [4.78, 5) is 4.16. The van der Waals surface area contributed by atoms with E-state index in [9.17, 15) is 0 Å². The fraction of sp³-hybridized carbons (Fsp3) is 0.0714. The van der Waals surface area contributed by atoms with Crippen molar-refractivity contribution in [3.8, 4) is 29.4 Å². The van der Waals surface area contributed by atoms with E-state index in [0.29, 0.717) is 5.88 Å². The summed E-state index contributed by atoms with van der Waals surface area (Å²) in [6.45, 7) is 0. The molecule has 0 bridgehead atoms. The van der Waals surface area contributed by atoms with Crippen molar-refractivity contribution in [1.29, 1.82) is 0 Å². The lowest BCUT2D eigenvalue weighted by molar-refractivity contribution is 0.398. The molecule has 16 heavy (non-hydrogen) atoms. The van der Waals surface area contributed by atoms with Gasteiger partial charge in [0, 0.05) is 23.4 Å². The second-order valence-electron chi connectivity index (χ2n) is 3.28. The van der Waals surface area contributed by atoms with E-state index < -0.39 is 0 Å². The van der Waals surface area contributed by atoms with Crippen LogP contribution >= 0.6 is 0 Å². The lowest BCUT2D eigenvalue weighted by Gasteiger charge is -2.05. The highest BCUT2D eigenvalue weighted by Gasteiger charge is 2.02. The van der Waals surface area contributed by atoms with Gasteiger partial charge >= 0.3 is 0 Å². The Morgan fingerprint density at radius 3 is 2.62 bits per heavy atom. The van der Waals surface area contributed by atoms with Gasteiger partial charge < -0.3 is 4.74 Å². The number of hydrogen-bond donors (Lipinski definition) is 0. The summed E-state index contributed by atoms with van der Waals surface area (Å²) in [5.74, 6) is 3.26. The molecule has 2 nitrogen and oxygen atoms in total. The molecule has 0 N–H and O–H groups in total. The average molecular weight is 209 g/mol. The Labute approximate surface area is 94.9 Å². The van der Waals surface area contributed by atoms with Gasteiger partial charge in [-0.3, -0.25) is 0 Å². The molecule has 0 atom stereocenters. The number of nitrogens with zero attached hydrogens (tertiary/aromatic N) is 1. The molecule has 0 unspecified atom stereocenters. The van der Waals surface area contributed by atoms with Gasteiger partial charge in [-0.1, -0.05) is 24.1 Å². The lowest BCUT2D eigenvalue weighted by Crippen LogP contribution is -1.88. The van der Waals surface area contributed by atoms with Crippen LogP contribution in [0.5, 0.6) is 5.88 Å². The minimum absolute atomic E-state index is 0.599. The van der Waals surface area contributed by atoms with Gasteiger partial charge in [0.1, 0.15) is 0 Å². The Bertz CT molecular complexity index is 523. The van der Waals surface area contributed by atoms with E-state index in [1.165, 1.54) is 0 Å². The third-order valence-corrected chi connectivity index (χ3v) is 2.34. The summed E-state index contributed by atoms with van der Waals surface area (Å²) in [6.07, 6.45) is 7.21. The minimum Gasteiger partial charge on any atom is -0.481 e. The van der Waals surface area contributed by atoms with E-state index in [0.717, 1.165) is 16.7 Å². The topological polar surface area (TPSA) is 22.1 Å². The van der Waals surface area contributed by atoms with Crippen molar-refractivity contribution in [2.24, 2.45) is 0 Å². The Kier molecular flexibility index (Phi) is 2.88. The zero-order valence-electron chi connectivity index (χ0n) is 8.97. The van der Waals surface area contributed by atoms with Crippen LogP contribution in [-0.4, -0.2) is 12.1 Å². The van der Waals surface area contributed by atoms with Crippen LogP contribution in [0.2, 0.25) is 0 Å². The SMILES string of the molecule is C#Cc1ccccc1-c1ccc(OC)nc1. The van der Waals surface area contributed by atoms with Crippen molar-refractivity contribution >= 4 is 0 Å². The number of ether oxygens (including phenoxy) is 1. The molecular weight excluding hydrogens is 198 g/mol. The van der Waals surface area contributed by atoms with Crippen LogP contribution in [0.4, 0.5) is 0 Å². The molecule has 2 heteroatoms. The van der Waals surface area contributed by atoms with Gasteiger partial charge in [0.05, 0.1) is 7.11 Å². The Morgan fingerprint density at radius 1 is 1.19 bits per heavy atom. The summed E-state index contributed by atoms with van der Waals surface area (Å²) < 4.78 is 5.01. The van der Waals surface area contributed by atoms with Gasteiger partial charge in [0.25, 0.3) is 0 Å². The van der Waals surface area contributed by atoms with Crippen LogP contribution in [-0.2, 0) is 0 Å². The first kappa shape index (κ1) is 10.3. The quantitative estimate of drug-likeness (QED) is 0.709. The van der Waals surface area contributed by atoms with Crippen LogP contribution in [0.15, 0.2) is 42.6 Å². The zero-order valence-corrected chi connectivity index (χ0v) is 8.97. The Hall–Kier alpha value is -2.27. The molecule has 0 spiro atoms. The third kappa shape index (κ3) is 1.89. The highest BCUT2D eigenvalue weighted by atomic mass is 16.5. The van der Waals surface area contributed by atoms with Gasteiger partial charge in [0.2, 0.25) is 5.88 Å². The molecule has 2 rings (SSSR count). The molecular formula is C14H11NO. The number of hydrogen-bond acceptors (Lipinski definition) is 2. The average Bonchev–Trinajstić information content (AvgIpc) is 2.39. The number of rotatable bonds is 2. The van der Waals surface area contributed by atoms with Crippen molar-refractivity contribution in [2.75, 3.05) is 7.11 Å². The fourth-order valence-electron chi connectivity index (χ4n) is 1.52. The molecule has 2 aromatic rings. The second-order valence-corrected chi connectivity index (χ2v) is 3.28. The maximum atomic E-state index is 5.45. The normalized spacial score (nSPS) is 9.50. The van der Waals surface area contributed by atoms with Crippen LogP contribution in [0.25, 0.3) is 11.1 Å². The molecule has 0 aliphatic rings. The van der Waals surface area contributed by atoms with E-state index in [-0.39, 0.29) is 0 Å². The lowest BCUT2D eigenvalue weighted by atomic mass is 10.0. The van der Waals surface area contributed by atoms with Gasteiger partial charge in [-0.15, -0.1) is 6.42 Å². The zero-order chi connectivity index (χ0) is 11.4. The van der Waals surface area contributed by atoms with Gasteiger partial charge in [0.15, 0.2) is 0 Å². The van der Waals surface area contributed by atoms with Crippen molar-refractivity contribution in [1.82, 2.24) is 4.98 Å². The Morgan fingerprint density at radius 2 is 2.00 bits per heavy atom. The van der Waals surface area contributed by atoms with Crippen LogP contribution in [0.3, 0.4) is 0 Å². The molecule has 0 saturated carbocycles. The van der Waals surface area contributed by atoms with E-state index in [4.69, 9.17) is 11.2 Å². The molecule has 0 fully saturated rings. The third-order valence-electron chi connectivity index (χ3n) is 2.34. The van der Waals surface area contributed by atoms with E-state index in [1.54, 1.807) is 13.3 Å². The number of pyridine rings is 1. The first-order chi connectivity index (χ1) is 7.85. The largest absolute Gasteiger partial charge is 0.481 e. The van der Waals surface area contributed by atoms with Crippen LogP contribution < -0.4 is 4.74 Å². The predicted octanol–water partition coefficient (Wildman–Crippen LogP) is 2.74. The number of terminal acetylenes is 1. The van der Waals surface area contributed by atoms with E-state index in [2.05, 4.69) is 10.9 Å². The smallest absolute Gasteiger partial charge is 0.212 e. The van der Waals surface area contributed by atoms with Gasteiger partial charge in [-0.25, -0.2) is 4.98 Å².